The summed E-state index contributed by atoms with van der Waals surface area (Å²) in [4.78, 5) is 15.1. The molecule has 2 aromatic rings. The van der Waals surface area contributed by atoms with Gasteiger partial charge in [-0.1, -0.05) is 6.07 Å². The number of rotatable bonds is 6. The number of fused-ring (bicyclic) bond motifs is 1. The number of aryl methyl sites for hydroxylation is 1. The summed E-state index contributed by atoms with van der Waals surface area (Å²) in [5.74, 6) is 1.27. The normalized spacial score (nSPS) is 12.0. The van der Waals surface area contributed by atoms with Crippen LogP contribution < -0.4 is 14.8 Å². The quantitative estimate of drug-likeness (QED) is 0.768. The van der Waals surface area contributed by atoms with Crippen molar-refractivity contribution < 1.29 is 19.0 Å². The molecule has 2 heterocycles. The Morgan fingerprint density at radius 3 is 2.76 bits per heavy atom. The lowest BCUT2D eigenvalue weighted by Crippen LogP contribution is -2.14. The van der Waals surface area contributed by atoms with Crippen molar-refractivity contribution in [1.82, 2.24) is 10.3 Å². The second kappa shape index (κ2) is 8.27. The molecule has 0 amide bonds. The minimum Gasteiger partial charge on any atom is -0.461 e. The Kier molecular flexibility index (Phi) is 6.33. The van der Waals surface area contributed by atoms with E-state index in [-0.39, 0.29) is 25.2 Å². The molecule has 1 aromatic carbocycles. The van der Waals surface area contributed by atoms with Crippen molar-refractivity contribution >= 4 is 18.4 Å². The fraction of sp³-hybridized carbons (Fsp3) is 0.389. The smallest absolute Gasteiger partial charge is 0.355 e. The molecule has 1 aromatic heterocycles. The predicted octanol–water partition coefficient (Wildman–Crippen LogP) is 3.25. The lowest BCUT2D eigenvalue weighted by atomic mass is 10.1. The number of aromatic amines is 1. The Bertz CT molecular complexity index is 758. The van der Waals surface area contributed by atoms with Gasteiger partial charge in [-0.3, -0.25) is 0 Å². The van der Waals surface area contributed by atoms with Crippen molar-refractivity contribution in [3.05, 3.63) is 46.3 Å². The third kappa shape index (κ3) is 4.08. The molecule has 0 saturated carbocycles. The van der Waals surface area contributed by atoms with Crippen molar-refractivity contribution in [2.75, 3.05) is 13.4 Å². The van der Waals surface area contributed by atoms with E-state index in [0.717, 1.165) is 33.9 Å². The number of nitrogens with one attached hydrogen (secondary N) is 2. The Labute approximate surface area is 153 Å². The Morgan fingerprint density at radius 2 is 2.00 bits per heavy atom. The first-order valence-corrected chi connectivity index (χ1v) is 8.04. The lowest BCUT2D eigenvalue weighted by molar-refractivity contribution is 0.0519. The van der Waals surface area contributed by atoms with Crippen LogP contribution in [0.25, 0.3) is 0 Å². The van der Waals surface area contributed by atoms with Crippen molar-refractivity contribution in [3.8, 4) is 11.5 Å². The SMILES string of the molecule is CCOC(=O)c1[nH]c(C)c(CNCc2ccc3c(c2)OCO3)c1C.Cl. The maximum absolute atomic E-state index is 11.9. The van der Waals surface area contributed by atoms with E-state index in [1.54, 1.807) is 6.92 Å². The van der Waals surface area contributed by atoms with Crippen LogP contribution in [0.5, 0.6) is 11.5 Å². The van der Waals surface area contributed by atoms with Gasteiger partial charge in [0, 0.05) is 18.8 Å². The molecule has 2 N–H and O–H groups in total. The number of H-pyrrole nitrogens is 1. The molecule has 1 aliphatic rings. The summed E-state index contributed by atoms with van der Waals surface area (Å²) in [6.45, 7) is 7.73. The van der Waals surface area contributed by atoms with Crippen molar-refractivity contribution in [2.45, 2.75) is 33.9 Å². The molecule has 0 unspecified atom stereocenters. The number of ether oxygens (including phenoxy) is 3. The standard InChI is InChI=1S/C18H22N2O4.ClH/c1-4-22-18(21)17-11(2)14(12(3)20-17)9-19-8-13-5-6-15-16(7-13)24-10-23-15;/h5-7,19-20H,4,8-10H2,1-3H3;1H. The number of carbonyl (C=O) groups excluding carboxylic acids is 1. The molecule has 0 bridgehead atoms. The number of benzene rings is 1. The van der Waals surface area contributed by atoms with Crippen LogP contribution in [-0.4, -0.2) is 24.4 Å². The molecule has 0 atom stereocenters. The minimum absolute atomic E-state index is 0. The van der Waals surface area contributed by atoms with Gasteiger partial charge in [-0.2, -0.15) is 0 Å². The van der Waals surface area contributed by atoms with Gasteiger partial charge in [-0.05, 0) is 49.6 Å². The van der Waals surface area contributed by atoms with Gasteiger partial charge in [0.2, 0.25) is 6.79 Å². The van der Waals surface area contributed by atoms with Crippen LogP contribution in [-0.2, 0) is 17.8 Å². The molecule has 1 aliphatic heterocycles. The van der Waals surface area contributed by atoms with E-state index < -0.39 is 0 Å². The molecular weight excluding hydrogens is 344 g/mol. The highest BCUT2D eigenvalue weighted by Gasteiger charge is 2.18. The van der Waals surface area contributed by atoms with Crippen LogP contribution in [0.1, 0.15) is 39.8 Å². The van der Waals surface area contributed by atoms with Gasteiger partial charge in [0.1, 0.15) is 5.69 Å². The molecule has 3 rings (SSSR count). The molecule has 0 saturated heterocycles. The van der Waals surface area contributed by atoms with Crippen LogP contribution in [0.4, 0.5) is 0 Å². The number of carbonyl (C=O) groups is 1. The van der Waals surface area contributed by atoms with Gasteiger partial charge in [0.15, 0.2) is 11.5 Å². The number of halogens is 1. The molecular formula is C18H23ClN2O4. The van der Waals surface area contributed by atoms with Crippen molar-refractivity contribution in [1.29, 1.82) is 0 Å². The van der Waals surface area contributed by atoms with Gasteiger partial charge < -0.3 is 24.5 Å². The van der Waals surface area contributed by atoms with Gasteiger partial charge in [-0.15, -0.1) is 12.4 Å². The second-order valence-electron chi connectivity index (χ2n) is 5.74. The number of hydrogen-bond donors (Lipinski definition) is 2. The summed E-state index contributed by atoms with van der Waals surface area (Å²) < 4.78 is 15.8. The maximum atomic E-state index is 11.9. The summed E-state index contributed by atoms with van der Waals surface area (Å²) in [6.07, 6.45) is 0. The van der Waals surface area contributed by atoms with Crippen molar-refractivity contribution in [2.24, 2.45) is 0 Å². The van der Waals surface area contributed by atoms with Gasteiger partial charge in [0.05, 0.1) is 6.61 Å². The fourth-order valence-electron chi connectivity index (χ4n) is 2.84. The molecule has 0 aliphatic carbocycles. The molecule has 0 fully saturated rings. The highest BCUT2D eigenvalue weighted by atomic mass is 35.5. The first-order valence-electron chi connectivity index (χ1n) is 8.04. The van der Waals surface area contributed by atoms with E-state index in [4.69, 9.17) is 14.2 Å². The van der Waals surface area contributed by atoms with E-state index in [2.05, 4.69) is 10.3 Å². The molecule has 0 spiro atoms. The zero-order chi connectivity index (χ0) is 17.1. The zero-order valence-electron chi connectivity index (χ0n) is 14.6. The lowest BCUT2D eigenvalue weighted by Gasteiger charge is -2.07. The number of hydrogen-bond acceptors (Lipinski definition) is 5. The summed E-state index contributed by atoms with van der Waals surface area (Å²) in [6, 6.07) is 5.92. The van der Waals surface area contributed by atoms with E-state index in [0.29, 0.717) is 25.4 Å². The molecule has 136 valence electrons. The monoisotopic (exact) mass is 366 g/mol. The van der Waals surface area contributed by atoms with Crippen molar-refractivity contribution in [3.63, 3.8) is 0 Å². The Hall–Kier alpha value is -2.18. The zero-order valence-corrected chi connectivity index (χ0v) is 15.4. The average Bonchev–Trinajstić information content (AvgIpc) is 3.13. The third-order valence-corrected chi connectivity index (χ3v) is 4.14. The number of esters is 1. The van der Waals surface area contributed by atoms with E-state index in [9.17, 15) is 4.79 Å². The first-order chi connectivity index (χ1) is 11.6. The molecule has 7 heteroatoms. The highest BCUT2D eigenvalue weighted by Crippen LogP contribution is 2.32. The van der Waals surface area contributed by atoms with Crippen LogP contribution in [0, 0.1) is 13.8 Å². The van der Waals surface area contributed by atoms with Gasteiger partial charge in [0.25, 0.3) is 0 Å². The van der Waals surface area contributed by atoms with Crippen LogP contribution in [0.3, 0.4) is 0 Å². The van der Waals surface area contributed by atoms with Gasteiger partial charge >= 0.3 is 5.97 Å². The summed E-state index contributed by atoms with van der Waals surface area (Å²) in [7, 11) is 0. The molecule has 25 heavy (non-hydrogen) atoms. The first kappa shape index (κ1) is 19.1. The van der Waals surface area contributed by atoms with Crippen LogP contribution >= 0.6 is 12.4 Å². The summed E-state index contributed by atoms with van der Waals surface area (Å²) in [5.41, 5.74) is 4.67. The third-order valence-electron chi connectivity index (χ3n) is 4.14. The molecule has 0 radical (unpaired) electrons. The fourth-order valence-corrected chi connectivity index (χ4v) is 2.84. The Balaban J connectivity index is 0.00000225. The highest BCUT2D eigenvalue weighted by molar-refractivity contribution is 5.89. The molecule has 6 nitrogen and oxygen atoms in total. The minimum atomic E-state index is -0.305. The topological polar surface area (TPSA) is 72.6 Å². The average molecular weight is 367 g/mol. The van der Waals surface area contributed by atoms with Gasteiger partial charge in [-0.25, -0.2) is 4.79 Å². The summed E-state index contributed by atoms with van der Waals surface area (Å²) >= 11 is 0. The number of aromatic nitrogens is 1. The Morgan fingerprint density at radius 1 is 1.24 bits per heavy atom. The largest absolute Gasteiger partial charge is 0.461 e. The van der Waals surface area contributed by atoms with Crippen LogP contribution in [0.15, 0.2) is 18.2 Å². The maximum Gasteiger partial charge on any atom is 0.355 e. The second-order valence-corrected chi connectivity index (χ2v) is 5.74. The van der Waals surface area contributed by atoms with Crippen LogP contribution in [0.2, 0.25) is 0 Å². The van der Waals surface area contributed by atoms with E-state index in [1.165, 1.54) is 0 Å². The van der Waals surface area contributed by atoms with E-state index >= 15 is 0 Å². The summed E-state index contributed by atoms with van der Waals surface area (Å²) in [5, 5.41) is 3.41. The predicted molar refractivity (Wildman–Crippen MR) is 96.6 cm³/mol. The van der Waals surface area contributed by atoms with E-state index in [1.807, 2.05) is 32.0 Å².